The molecular weight excluding hydrogens is 484 g/mol. The third-order valence-corrected chi connectivity index (χ3v) is 8.55. The molecule has 5 atom stereocenters. The number of aromatic nitrogens is 2. The molecule has 2 aliphatic carbocycles. The van der Waals surface area contributed by atoms with E-state index in [4.69, 9.17) is 5.73 Å². The molecule has 2 aromatic rings. The van der Waals surface area contributed by atoms with E-state index in [1.165, 1.54) is 0 Å². The predicted octanol–water partition coefficient (Wildman–Crippen LogP) is 1.70. The maximum Gasteiger partial charge on any atom is 0.246 e. The van der Waals surface area contributed by atoms with Crippen LogP contribution in [-0.2, 0) is 19.2 Å². The highest BCUT2D eigenvalue weighted by Crippen LogP contribution is 2.65. The van der Waals surface area contributed by atoms with Crippen LogP contribution in [0, 0.1) is 28.6 Å². The second-order valence-electron chi connectivity index (χ2n) is 12.6. The van der Waals surface area contributed by atoms with Gasteiger partial charge in [0.15, 0.2) is 6.04 Å². The second-order valence-corrected chi connectivity index (χ2v) is 12.6. The number of fused-ring (bicyclic) bond motifs is 2. The number of piperidine rings is 1. The van der Waals surface area contributed by atoms with Crippen molar-refractivity contribution in [2.45, 2.75) is 65.6 Å². The number of likely N-dealkylation sites (tertiary alicyclic amines) is 1. The average molecular weight is 521 g/mol. The Labute approximate surface area is 222 Å². The Morgan fingerprint density at radius 3 is 2.39 bits per heavy atom. The molecular formula is C28H36N6O4. The Bertz CT molecular complexity index is 1310. The lowest BCUT2D eigenvalue weighted by Gasteiger charge is -2.38. The highest BCUT2D eigenvalue weighted by Gasteiger charge is 2.70. The van der Waals surface area contributed by atoms with Gasteiger partial charge in [-0.15, -0.1) is 0 Å². The van der Waals surface area contributed by atoms with Crippen molar-refractivity contribution < 1.29 is 19.2 Å². The molecule has 1 aromatic carbocycles. The number of hydrogen-bond donors (Lipinski definition) is 3. The first-order valence-corrected chi connectivity index (χ1v) is 13.2. The largest absolute Gasteiger partial charge is 0.368 e. The van der Waals surface area contributed by atoms with Gasteiger partial charge in [-0.3, -0.25) is 19.2 Å². The number of carbonyl (C=O) groups excluding carboxylic acids is 4. The maximum atomic E-state index is 13.9. The van der Waals surface area contributed by atoms with Crippen LogP contribution >= 0.6 is 0 Å². The summed E-state index contributed by atoms with van der Waals surface area (Å²) in [6.45, 7) is 10.3. The van der Waals surface area contributed by atoms with E-state index in [9.17, 15) is 19.2 Å². The van der Waals surface area contributed by atoms with Crippen LogP contribution in [-0.4, -0.2) is 57.4 Å². The molecule has 1 saturated heterocycles. The molecule has 3 fully saturated rings. The van der Waals surface area contributed by atoms with Crippen LogP contribution < -0.4 is 16.4 Å². The van der Waals surface area contributed by atoms with Gasteiger partial charge in [-0.2, -0.15) is 10.2 Å². The van der Waals surface area contributed by atoms with Gasteiger partial charge < -0.3 is 21.3 Å². The summed E-state index contributed by atoms with van der Waals surface area (Å²) in [5.41, 5.74) is 5.32. The number of primary amides is 1. The lowest BCUT2D eigenvalue weighted by Crippen LogP contribution is -2.60. The molecule has 1 aromatic heterocycles. The monoisotopic (exact) mass is 520 g/mol. The normalized spacial score (nSPS) is 25.3. The van der Waals surface area contributed by atoms with Crippen LogP contribution in [0.25, 0.3) is 10.8 Å². The van der Waals surface area contributed by atoms with Gasteiger partial charge in [0.1, 0.15) is 17.8 Å². The van der Waals surface area contributed by atoms with Gasteiger partial charge >= 0.3 is 0 Å². The molecule has 1 aliphatic heterocycles. The van der Waals surface area contributed by atoms with E-state index in [2.05, 4.69) is 34.7 Å². The van der Waals surface area contributed by atoms with Gasteiger partial charge in [-0.25, -0.2) is 0 Å². The Kier molecular flexibility index (Phi) is 6.19. The number of rotatable bonds is 7. The molecule has 2 heterocycles. The molecule has 10 heteroatoms. The molecule has 0 bridgehead atoms. The van der Waals surface area contributed by atoms with Crippen LogP contribution in [0.4, 0.5) is 0 Å². The summed E-state index contributed by atoms with van der Waals surface area (Å²) < 4.78 is 0. The smallest absolute Gasteiger partial charge is 0.246 e. The van der Waals surface area contributed by atoms with Crippen molar-refractivity contribution in [1.82, 2.24) is 25.7 Å². The van der Waals surface area contributed by atoms with Crippen LogP contribution in [0.2, 0.25) is 0 Å². The lowest BCUT2D eigenvalue weighted by molar-refractivity contribution is -0.146. The zero-order valence-corrected chi connectivity index (χ0v) is 22.5. The van der Waals surface area contributed by atoms with Crippen LogP contribution in [0.3, 0.4) is 0 Å². The van der Waals surface area contributed by atoms with Crippen molar-refractivity contribution in [3.05, 3.63) is 36.2 Å². The zero-order chi connectivity index (χ0) is 27.6. The quantitative estimate of drug-likeness (QED) is 0.506. The fourth-order valence-electron chi connectivity index (χ4n) is 6.00. The summed E-state index contributed by atoms with van der Waals surface area (Å²) in [5.74, 6) is -1.60. The van der Waals surface area contributed by atoms with E-state index in [1.54, 1.807) is 17.2 Å². The van der Waals surface area contributed by atoms with E-state index in [0.717, 1.165) is 18.2 Å². The van der Waals surface area contributed by atoms with E-state index in [1.807, 2.05) is 39.0 Å². The molecule has 2 unspecified atom stereocenters. The highest BCUT2D eigenvalue weighted by atomic mass is 16.2. The topological polar surface area (TPSA) is 147 Å². The van der Waals surface area contributed by atoms with Crippen molar-refractivity contribution in [3.8, 4) is 0 Å². The summed E-state index contributed by atoms with van der Waals surface area (Å²) in [6.07, 6.45) is 3.24. The molecule has 38 heavy (non-hydrogen) atoms. The summed E-state index contributed by atoms with van der Waals surface area (Å²) >= 11 is 0. The van der Waals surface area contributed by atoms with Crippen molar-refractivity contribution in [2.24, 2.45) is 34.3 Å². The Hall–Kier alpha value is -3.56. The van der Waals surface area contributed by atoms with Crippen LogP contribution in [0.1, 0.15) is 59.2 Å². The number of carbonyl (C=O) groups is 4. The molecule has 2 saturated carbocycles. The molecule has 10 nitrogen and oxygen atoms in total. The van der Waals surface area contributed by atoms with Gasteiger partial charge in [0.25, 0.3) is 0 Å². The van der Waals surface area contributed by atoms with Crippen molar-refractivity contribution >= 4 is 34.4 Å². The number of nitrogens with zero attached hydrogens (tertiary/aromatic N) is 3. The minimum atomic E-state index is -1.22. The number of benzene rings is 1. The minimum absolute atomic E-state index is 0.0456. The number of hydrogen-bond acceptors (Lipinski definition) is 6. The first kappa shape index (κ1) is 26.1. The Morgan fingerprint density at radius 1 is 1.08 bits per heavy atom. The Morgan fingerprint density at radius 2 is 1.76 bits per heavy atom. The standard InChI is InChI=1S/C28H36N6O4/c1-27(2,3)22(32-24(36)14-10-11-14)26(38)34-13-17-18(28(17,4)5)21(34)25(37)31-20(23(29)35)19-16-9-7-6-8-15(16)12-30-33-19/h6-9,12,14,17-18,20-22H,10-11,13H2,1-5H3,(H2,29,35)(H,31,37)(H,32,36)/t17-,18-,20?,21-,22?/m0/s1. The van der Waals surface area contributed by atoms with E-state index < -0.39 is 35.4 Å². The van der Waals surface area contributed by atoms with Crippen LogP contribution in [0.5, 0.6) is 0 Å². The van der Waals surface area contributed by atoms with E-state index in [-0.39, 0.29) is 40.7 Å². The minimum Gasteiger partial charge on any atom is -0.368 e. The molecule has 3 aliphatic rings. The van der Waals surface area contributed by atoms with Gasteiger partial charge in [0.05, 0.1) is 6.20 Å². The second kappa shape index (κ2) is 9.03. The number of amides is 4. The van der Waals surface area contributed by atoms with E-state index in [0.29, 0.717) is 11.9 Å². The molecule has 202 valence electrons. The molecule has 5 rings (SSSR count). The first-order chi connectivity index (χ1) is 17.8. The lowest BCUT2D eigenvalue weighted by atomic mass is 9.85. The van der Waals surface area contributed by atoms with Crippen molar-refractivity contribution in [2.75, 3.05) is 6.54 Å². The van der Waals surface area contributed by atoms with Crippen LogP contribution in [0.15, 0.2) is 30.5 Å². The fourth-order valence-corrected chi connectivity index (χ4v) is 6.00. The maximum absolute atomic E-state index is 13.9. The third-order valence-electron chi connectivity index (χ3n) is 8.55. The van der Waals surface area contributed by atoms with Crippen molar-refractivity contribution in [3.63, 3.8) is 0 Å². The SMILES string of the molecule is CC(C)(C)C(NC(=O)C1CC1)C(=O)N1C[C@H]2[C@@H]([C@H]1C(=O)NC(C(N)=O)c1nncc3ccccc13)C2(C)C. The van der Waals surface area contributed by atoms with Gasteiger partial charge in [-0.1, -0.05) is 58.9 Å². The van der Waals surface area contributed by atoms with Gasteiger partial charge in [0, 0.05) is 23.2 Å². The molecule has 0 radical (unpaired) electrons. The van der Waals surface area contributed by atoms with Gasteiger partial charge in [0.2, 0.25) is 23.6 Å². The van der Waals surface area contributed by atoms with E-state index >= 15 is 0 Å². The van der Waals surface area contributed by atoms with Gasteiger partial charge in [-0.05, 0) is 35.5 Å². The molecule has 0 spiro atoms. The number of nitrogens with one attached hydrogen (secondary N) is 2. The third kappa shape index (κ3) is 4.50. The predicted molar refractivity (Wildman–Crippen MR) is 140 cm³/mol. The highest BCUT2D eigenvalue weighted by molar-refractivity contribution is 5.97. The summed E-state index contributed by atoms with van der Waals surface area (Å²) in [5, 5.41) is 15.3. The fraction of sp³-hybridized carbons (Fsp3) is 0.571. The Balaban J connectivity index is 1.44. The summed E-state index contributed by atoms with van der Waals surface area (Å²) in [6, 6.07) is 4.50. The average Bonchev–Trinajstić information content (AvgIpc) is 3.73. The first-order valence-electron chi connectivity index (χ1n) is 13.2. The summed E-state index contributed by atoms with van der Waals surface area (Å²) in [7, 11) is 0. The molecule has 4 amide bonds. The number of nitrogens with two attached hydrogens (primary N) is 1. The molecule has 4 N–H and O–H groups in total. The summed E-state index contributed by atoms with van der Waals surface area (Å²) in [4.78, 5) is 54.6. The zero-order valence-electron chi connectivity index (χ0n) is 22.5. The van der Waals surface area contributed by atoms with Crippen molar-refractivity contribution in [1.29, 1.82) is 0 Å².